The van der Waals surface area contributed by atoms with Gasteiger partial charge in [0.15, 0.2) is 5.78 Å². The highest BCUT2D eigenvalue weighted by Crippen LogP contribution is 2.40. The summed E-state index contributed by atoms with van der Waals surface area (Å²) in [7, 11) is 2.03. The van der Waals surface area contributed by atoms with Gasteiger partial charge < -0.3 is 14.7 Å². The molecule has 26 heavy (non-hydrogen) atoms. The van der Waals surface area contributed by atoms with Crippen molar-refractivity contribution in [2.45, 2.75) is 46.1 Å². The molecule has 5 nitrogen and oxygen atoms in total. The zero-order valence-electron chi connectivity index (χ0n) is 16.7. The summed E-state index contributed by atoms with van der Waals surface area (Å²) < 4.78 is 0. The first-order chi connectivity index (χ1) is 12.4. The molecule has 2 rings (SSSR count). The average Bonchev–Trinajstić information content (AvgIpc) is 3.44. The third kappa shape index (κ3) is 5.07. The Bertz CT molecular complexity index is 604. The lowest BCUT2D eigenvalue weighted by Gasteiger charge is -2.44. The molecule has 1 aliphatic heterocycles. The normalized spacial score (nSPS) is 21.8. The van der Waals surface area contributed by atoms with Crippen LogP contribution in [0.3, 0.4) is 0 Å². The van der Waals surface area contributed by atoms with Crippen molar-refractivity contribution in [2.24, 2.45) is 5.92 Å². The van der Waals surface area contributed by atoms with Crippen LogP contribution in [0.4, 0.5) is 0 Å². The van der Waals surface area contributed by atoms with E-state index in [4.69, 9.17) is 0 Å². The van der Waals surface area contributed by atoms with Crippen molar-refractivity contribution in [1.29, 1.82) is 0 Å². The third-order valence-electron chi connectivity index (χ3n) is 5.17. The molecule has 1 heterocycles. The molecule has 0 N–H and O–H groups in total. The maximum absolute atomic E-state index is 12.6. The van der Waals surface area contributed by atoms with Crippen LogP contribution in [-0.4, -0.2) is 65.7 Å². The lowest BCUT2D eigenvalue weighted by Crippen LogP contribution is -2.54. The van der Waals surface area contributed by atoms with E-state index in [9.17, 15) is 9.59 Å². The molecule has 0 spiro atoms. The number of hydrogen-bond donors (Lipinski definition) is 0. The lowest BCUT2D eigenvalue weighted by molar-refractivity contribution is -0.127. The molecule has 5 heteroatoms. The van der Waals surface area contributed by atoms with Crippen LogP contribution in [0.1, 0.15) is 40.0 Å². The van der Waals surface area contributed by atoms with Gasteiger partial charge in [0, 0.05) is 31.8 Å². The Morgan fingerprint density at radius 3 is 2.54 bits per heavy atom. The maximum Gasteiger partial charge on any atom is 0.246 e. The summed E-state index contributed by atoms with van der Waals surface area (Å²) in [4.78, 5) is 30.9. The highest BCUT2D eigenvalue weighted by atomic mass is 16.2. The molecule has 0 aromatic heterocycles. The van der Waals surface area contributed by atoms with Gasteiger partial charge in [-0.25, -0.2) is 0 Å². The van der Waals surface area contributed by atoms with Crippen molar-refractivity contribution in [1.82, 2.24) is 14.7 Å². The minimum absolute atomic E-state index is 0.0322. The number of piperazine rings is 1. The molecule has 0 aromatic carbocycles. The van der Waals surface area contributed by atoms with E-state index in [1.165, 1.54) is 0 Å². The number of nitrogens with zero attached hydrogens (tertiary/aromatic N) is 3. The van der Waals surface area contributed by atoms with Gasteiger partial charge in [0.25, 0.3) is 0 Å². The van der Waals surface area contributed by atoms with Gasteiger partial charge >= 0.3 is 0 Å². The molecule has 0 radical (unpaired) electrons. The Morgan fingerprint density at radius 1 is 1.31 bits per heavy atom. The van der Waals surface area contributed by atoms with Gasteiger partial charge in [0.2, 0.25) is 5.91 Å². The molecular formula is C21H33N3O2. The van der Waals surface area contributed by atoms with Gasteiger partial charge in [0.05, 0.1) is 18.3 Å². The molecule has 1 atom stereocenters. The Hall–Kier alpha value is -1.88. The van der Waals surface area contributed by atoms with Crippen LogP contribution in [0, 0.1) is 5.92 Å². The first-order valence-electron chi connectivity index (χ1n) is 9.71. The van der Waals surface area contributed by atoms with Gasteiger partial charge in [-0.3, -0.25) is 9.59 Å². The van der Waals surface area contributed by atoms with Crippen molar-refractivity contribution in [3.8, 4) is 0 Å². The van der Waals surface area contributed by atoms with Gasteiger partial charge in [-0.2, -0.15) is 0 Å². The molecule has 1 saturated heterocycles. The zero-order valence-corrected chi connectivity index (χ0v) is 16.7. The molecule has 1 amide bonds. The quantitative estimate of drug-likeness (QED) is 0.625. The fourth-order valence-corrected chi connectivity index (χ4v) is 3.43. The molecule has 2 fully saturated rings. The summed E-state index contributed by atoms with van der Waals surface area (Å²) in [5.74, 6) is 0.642. The number of carbonyl (C=O) groups excluding carboxylic acids is 2. The first kappa shape index (κ1) is 20.4. The van der Waals surface area contributed by atoms with E-state index < -0.39 is 0 Å². The lowest BCUT2D eigenvalue weighted by atomic mass is 10.0. The van der Waals surface area contributed by atoms with Crippen LogP contribution in [0.15, 0.2) is 36.2 Å². The molecule has 0 bridgehead atoms. The standard InChI is InChI=1S/C21H33N3O2/c1-6-9-19(17(4)25)24-16(3)14-23(15-20(24)18-11-12-18)21(26)10-8-13-22(5)7-2/h8-10,18,20H,3,6-7,11-15H2,1-2,4-5H3/b10-8+,19-9-. The van der Waals surface area contributed by atoms with Crippen molar-refractivity contribution >= 4 is 11.7 Å². The van der Waals surface area contributed by atoms with Crippen molar-refractivity contribution in [3.63, 3.8) is 0 Å². The molecule has 2 aliphatic rings. The first-order valence-corrected chi connectivity index (χ1v) is 9.71. The fraction of sp³-hybridized carbons (Fsp3) is 0.619. The molecule has 1 aliphatic carbocycles. The van der Waals surface area contributed by atoms with Crippen molar-refractivity contribution in [2.75, 3.05) is 33.2 Å². The number of Topliss-reactive ketones (excluding diaryl/α,β-unsaturated/α-hetero) is 1. The fourth-order valence-electron chi connectivity index (χ4n) is 3.43. The number of allylic oxidation sites excluding steroid dienone is 2. The zero-order chi connectivity index (χ0) is 19.3. The molecule has 0 aromatic rings. The Labute approximate surface area is 158 Å². The third-order valence-corrected chi connectivity index (χ3v) is 5.17. The van der Waals surface area contributed by atoms with E-state index >= 15 is 0 Å². The minimum Gasteiger partial charge on any atom is -0.336 e. The second-order valence-corrected chi connectivity index (χ2v) is 7.37. The summed E-state index contributed by atoms with van der Waals surface area (Å²) >= 11 is 0. The predicted octanol–water partition coefficient (Wildman–Crippen LogP) is 2.81. The average molecular weight is 360 g/mol. The maximum atomic E-state index is 12.6. The number of hydrogen-bond acceptors (Lipinski definition) is 4. The number of rotatable bonds is 8. The van der Waals surface area contributed by atoms with Crippen LogP contribution in [0.5, 0.6) is 0 Å². The Kier molecular flexibility index (Phi) is 7.21. The second-order valence-electron chi connectivity index (χ2n) is 7.37. The summed E-state index contributed by atoms with van der Waals surface area (Å²) in [5, 5.41) is 0. The van der Waals surface area contributed by atoms with Crippen LogP contribution in [0.25, 0.3) is 0 Å². The number of likely N-dealkylation sites (N-methyl/N-ethyl adjacent to an activating group) is 1. The number of amides is 1. The van der Waals surface area contributed by atoms with E-state index in [0.717, 1.165) is 43.7 Å². The Balaban J connectivity index is 2.13. The van der Waals surface area contributed by atoms with Crippen molar-refractivity contribution < 1.29 is 9.59 Å². The minimum atomic E-state index is 0.0322. The molecular weight excluding hydrogens is 326 g/mol. The summed E-state index contributed by atoms with van der Waals surface area (Å²) in [5.41, 5.74) is 1.58. The predicted molar refractivity (Wildman–Crippen MR) is 105 cm³/mol. The van der Waals surface area contributed by atoms with Crippen LogP contribution >= 0.6 is 0 Å². The number of ketones is 1. The van der Waals surface area contributed by atoms with Gasteiger partial charge in [-0.15, -0.1) is 0 Å². The van der Waals surface area contributed by atoms with Gasteiger partial charge in [-0.05, 0) is 38.8 Å². The van der Waals surface area contributed by atoms with Crippen LogP contribution in [0.2, 0.25) is 0 Å². The highest BCUT2D eigenvalue weighted by molar-refractivity contribution is 5.93. The van der Waals surface area contributed by atoms with Crippen LogP contribution < -0.4 is 0 Å². The van der Waals surface area contributed by atoms with Crippen LogP contribution in [-0.2, 0) is 9.59 Å². The SMILES string of the molecule is C=C1CN(C(=O)/C=C/CN(C)CC)CC(C2CC2)N1/C(=C\CC)C(C)=O. The van der Waals surface area contributed by atoms with E-state index in [1.807, 2.05) is 31.0 Å². The van der Waals surface area contributed by atoms with Crippen molar-refractivity contribution in [3.05, 3.63) is 36.2 Å². The number of carbonyl (C=O) groups is 2. The van der Waals surface area contributed by atoms with E-state index in [1.54, 1.807) is 13.0 Å². The van der Waals surface area contributed by atoms with Gasteiger partial charge in [-0.1, -0.05) is 32.6 Å². The molecule has 144 valence electrons. The summed E-state index contributed by atoms with van der Waals surface area (Å²) in [6.45, 7) is 12.8. The van der Waals surface area contributed by atoms with Gasteiger partial charge in [0.1, 0.15) is 0 Å². The highest BCUT2D eigenvalue weighted by Gasteiger charge is 2.42. The Morgan fingerprint density at radius 2 is 2.00 bits per heavy atom. The topological polar surface area (TPSA) is 43.9 Å². The van der Waals surface area contributed by atoms with E-state index in [-0.39, 0.29) is 17.7 Å². The van der Waals surface area contributed by atoms with E-state index in [0.29, 0.717) is 19.0 Å². The monoisotopic (exact) mass is 359 g/mol. The smallest absolute Gasteiger partial charge is 0.246 e. The second kappa shape index (κ2) is 9.17. The largest absolute Gasteiger partial charge is 0.336 e. The summed E-state index contributed by atoms with van der Waals surface area (Å²) in [6, 6.07) is 0.161. The molecule has 1 unspecified atom stereocenters. The molecule has 1 saturated carbocycles. The summed E-state index contributed by atoms with van der Waals surface area (Å²) in [6.07, 6.45) is 8.71. The van der Waals surface area contributed by atoms with E-state index in [2.05, 4.69) is 23.3 Å².